The molecule has 1 aromatic carbocycles. The highest BCUT2D eigenvalue weighted by atomic mass is 35.5. The van der Waals surface area contributed by atoms with Crippen LogP contribution in [0.2, 0.25) is 0 Å². The van der Waals surface area contributed by atoms with Crippen LogP contribution in [0.3, 0.4) is 0 Å². The maximum absolute atomic E-state index is 12.2. The van der Waals surface area contributed by atoms with Crippen molar-refractivity contribution in [2.75, 3.05) is 10.6 Å². The molecule has 7 heteroatoms. The summed E-state index contributed by atoms with van der Waals surface area (Å²) < 4.78 is 5.46. The molecule has 0 bridgehead atoms. The molecule has 0 fully saturated rings. The maximum Gasteiger partial charge on any atom is 0.265 e. The highest BCUT2D eigenvalue weighted by molar-refractivity contribution is 6.01. The molecular formula is C15H22ClN3O3. The lowest BCUT2D eigenvalue weighted by Crippen LogP contribution is -2.48. The van der Waals surface area contributed by atoms with Gasteiger partial charge in [-0.05, 0) is 38.5 Å². The number of nitrogens with two attached hydrogens (primary N) is 1. The molecule has 0 aromatic heterocycles. The van der Waals surface area contributed by atoms with Crippen molar-refractivity contribution in [2.24, 2.45) is 5.73 Å². The summed E-state index contributed by atoms with van der Waals surface area (Å²) in [7, 11) is 0. The number of halogens is 1. The molecule has 122 valence electrons. The Kier molecular flexibility index (Phi) is 5.79. The van der Waals surface area contributed by atoms with Crippen molar-refractivity contribution in [1.29, 1.82) is 0 Å². The normalized spacial score (nSPS) is 18.9. The highest BCUT2D eigenvalue weighted by Crippen LogP contribution is 2.32. The van der Waals surface area contributed by atoms with E-state index in [4.69, 9.17) is 10.5 Å². The van der Waals surface area contributed by atoms with Crippen molar-refractivity contribution in [3.8, 4) is 5.75 Å². The monoisotopic (exact) mass is 327 g/mol. The van der Waals surface area contributed by atoms with Gasteiger partial charge in [0.1, 0.15) is 5.75 Å². The number of hydrogen-bond donors (Lipinski definition) is 3. The summed E-state index contributed by atoms with van der Waals surface area (Å²) >= 11 is 0. The first-order chi connectivity index (χ1) is 9.83. The number of carbonyl (C=O) groups excluding carboxylic acids is 2. The number of fused-ring (bicyclic) bond motifs is 1. The smallest absolute Gasteiger partial charge is 0.265 e. The van der Waals surface area contributed by atoms with Gasteiger partial charge < -0.3 is 21.1 Å². The predicted molar refractivity (Wildman–Crippen MR) is 88.5 cm³/mol. The fourth-order valence-electron chi connectivity index (χ4n) is 2.19. The second kappa shape index (κ2) is 6.98. The highest BCUT2D eigenvalue weighted by Gasteiger charge is 2.28. The number of hydrogen-bond acceptors (Lipinski definition) is 4. The zero-order chi connectivity index (χ0) is 15.6. The van der Waals surface area contributed by atoms with E-state index in [-0.39, 0.29) is 24.2 Å². The summed E-state index contributed by atoms with van der Waals surface area (Å²) in [6.07, 6.45) is 0.905. The van der Waals surface area contributed by atoms with E-state index in [1.165, 1.54) is 0 Å². The van der Waals surface area contributed by atoms with E-state index >= 15 is 0 Å². The Morgan fingerprint density at radius 1 is 1.50 bits per heavy atom. The molecule has 0 aliphatic carbocycles. The SMILES string of the molecule is CCCC(C)(N)C(=O)Nc1ccc2c(c1)NC(=O)C(C)O2.Cl. The van der Waals surface area contributed by atoms with E-state index in [9.17, 15) is 9.59 Å². The Bertz CT molecular complexity index is 575. The first kappa shape index (κ1) is 18.3. The lowest BCUT2D eigenvalue weighted by molar-refractivity contribution is -0.122. The van der Waals surface area contributed by atoms with Crippen LogP contribution in [0.1, 0.15) is 33.6 Å². The first-order valence-corrected chi connectivity index (χ1v) is 7.05. The topological polar surface area (TPSA) is 93.5 Å². The van der Waals surface area contributed by atoms with Gasteiger partial charge in [-0.2, -0.15) is 0 Å². The molecule has 4 N–H and O–H groups in total. The third-order valence-corrected chi connectivity index (χ3v) is 3.46. The van der Waals surface area contributed by atoms with E-state index in [0.717, 1.165) is 6.42 Å². The minimum absolute atomic E-state index is 0. The second-order valence-corrected chi connectivity index (χ2v) is 5.58. The van der Waals surface area contributed by atoms with Gasteiger partial charge in [-0.15, -0.1) is 12.4 Å². The van der Waals surface area contributed by atoms with Gasteiger partial charge in [0.2, 0.25) is 5.91 Å². The van der Waals surface area contributed by atoms with Gasteiger partial charge in [0, 0.05) is 5.69 Å². The summed E-state index contributed by atoms with van der Waals surface area (Å²) in [4.78, 5) is 23.7. The van der Waals surface area contributed by atoms with Crippen molar-refractivity contribution >= 4 is 35.6 Å². The average Bonchev–Trinajstić information content (AvgIpc) is 2.40. The molecule has 1 heterocycles. The second-order valence-electron chi connectivity index (χ2n) is 5.58. The van der Waals surface area contributed by atoms with Crippen LogP contribution in [-0.2, 0) is 9.59 Å². The first-order valence-electron chi connectivity index (χ1n) is 7.05. The minimum atomic E-state index is -0.918. The van der Waals surface area contributed by atoms with Gasteiger partial charge in [0.25, 0.3) is 5.91 Å². The molecule has 0 saturated carbocycles. The number of nitrogens with one attached hydrogen (secondary N) is 2. The standard InChI is InChI=1S/C15H21N3O3.ClH/c1-4-7-15(3,16)14(20)17-10-5-6-12-11(8-10)18-13(19)9(2)21-12;/h5-6,8-9H,4,7,16H2,1-3H3,(H,17,20)(H,18,19);1H. The largest absolute Gasteiger partial charge is 0.479 e. The zero-order valence-electron chi connectivity index (χ0n) is 12.9. The predicted octanol–water partition coefficient (Wildman–Crippen LogP) is 2.28. The van der Waals surface area contributed by atoms with Crippen molar-refractivity contribution in [2.45, 2.75) is 45.3 Å². The van der Waals surface area contributed by atoms with Crippen molar-refractivity contribution in [3.63, 3.8) is 0 Å². The Labute approximate surface area is 136 Å². The number of amides is 2. The Balaban J connectivity index is 0.00000242. The van der Waals surface area contributed by atoms with Crippen molar-refractivity contribution in [3.05, 3.63) is 18.2 Å². The summed E-state index contributed by atoms with van der Waals surface area (Å²) in [5, 5.41) is 5.51. The molecule has 2 amide bonds. The Morgan fingerprint density at radius 3 is 2.82 bits per heavy atom. The van der Waals surface area contributed by atoms with Crippen molar-refractivity contribution in [1.82, 2.24) is 0 Å². The van der Waals surface area contributed by atoms with E-state index in [1.807, 2.05) is 6.92 Å². The molecule has 2 atom stereocenters. The van der Waals surface area contributed by atoms with Crippen molar-refractivity contribution < 1.29 is 14.3 Å². The van der Waals surface area contributed by atoms with E-state index in [2.05, 4.69) is 10.6 Å². The summed E-state index contributed by atoms with van der Waals surface area (Å²) in [6.45, 7) is 5.36. The van der Waals surface area contributed by atoms with Gasteiger partial charge in [-0.25, -0.2) is 0 Å². The molecule has 2 unspecified atom stereocenters. The molecule has 1 aromatic rings. The number of anilines is 2. The average molecular weight is 328 g/mol. The van der Waals surface area contributed by atoms with Crippen LogP contribution in [0.5, 0.6) is 5.75 Å². The third-order valence-electron chi connectivity index (χ3n) is 3.46. The molecule has 0 spiro atoms. The third kappa shape index (κ3) is 3.90. The van der Waals surface area contributed by atoms with Crippen LogP contribution in [0.15, 0.2) is 18.2 Å². The van der Waals surface area contributed by atoms with Crippen LogP contribution in [0, 0.1) is 0 Å². The molecule has 2 rings (SSSR count). The van der Waals surface area contributed by atoms with Crippen LogP contribution in [0.25, 0.3) is 0 Å². The van der Waals surface area contributed by atoms with E-state index < -0.39 is 11.6 Å². The number of carbonyl (C=O) groups is 2. The minimum Gasteiger partial charge on any atom is -0.479 e. The van der Waals surface area contributed by atoms with E-state index in [0.29, 0.717) is 23.5 Å². The molecule has 0 saturated heterocycles. The van der Waals surface area contributed by atoms with Gasteiger partial charge in [-0.1, -0.05) is 13.3 Å². The number of benzene rings is 1. The molecule has 0 radical (unpaired) electrons. The number of ether oxygens (including phenoxy) is 1. The molecule has 6 nitrogen and oxygen atoms in total. The van der Waals surface area contributed by atoms with Gasteiger partial charge in [0.15, 0.2) is 6.10 Å². The van der Waals surface area contributed by atoms with Gasteiger partial charge in [0.05, 0.1) is 11.2 Å². The molecule has 22 heavy (non-hydrogen) atoms. The molecular weight excluding hydrogens is 306 g/mol. The molecule has 1 aliphatic heterocycles. The Morgan fingerprint density at radius 2 is 2.18 bits per heavy atom. The quantitative estimate of drug-likeness (QED) is 0.791. The summed E-state index contributed by atoms with van der Waals surface area (Å²) in [5.74, 6) is 0.130. The lowest BCUT2D eigenvalue weighted by Gasteiger charge is -2.25. The van der Waals surface area contributed by atoms with E-state index in [1.54, 1.807) is 32.0 Å². The fourth-order valence-corrected chi connectivity index (χ4v) is 2.19. The summed E-state index contributed by atoms with van der Waals surface area (Å²) in [6, 6.07) is 5.11. The van der Waals surface area contributed by atoms with Gasteiger partial charge in [-0.3, -0.25) is 9.59 Å². The lowest BCUT2D eigenvalue weighted by atomic mass is 9.96. The van der Waals surface area contributed by atoms with Crippen LogP contribution < -0.4 is 21.1 Å². The summed E-state index contributed by atoms with van der Waals surface area (Å²) in [5.41, 5.74) is 6.19. The fraction of sp³-hybridized carbons (Fsp3) is 0.467. The Hall–Kier alpha value is -1.79. The molecule has 1 aliphatic rings. The zero-order valence-corrected chi connectivity index (χ0v) is 13.8. The number of rotatable bonds is 4. The van der Waals surface area contributed by atoms with Crippen LogP contribution >= 0.6 is 12.4 Å². The van der Waals surface area contributed by atoms with Gasteiger partial charge >= 0.3 is 0 Å². The van der Waals surface area contributed by atoms with Crippen LogP contribution in [-0.4, -0.2) is 23.5 Å². The van der Waals surface area contributed by atoms with Crippen LogP contribution in [0.4, 0.5) is 11.4 Å². The maximum atomic E-state index is 12.2.